The Balaban J connectivity index is -0.0000000411. The Bertz CT molecular complexity index is 274. The average Bonchev–Trinajstić information content (AvgIpc) is 2.06. The zero-order chi connectivity index (χ0) is 8.97. The van der Waals surface area contributed by atoms with Gasteiger partial charge in [0.25, 0.3) is 0 Å². The largest absolute Gasteiger partial charge is 0.436 e. The van der Waals surface area contributed by atoms with Crippen molar-refractivity contribution in [3.8, 4) is 0 Å². The predicted octanol–water partition coefficient (Wildman–Crippen LogP) is 2.97. The minimum atomic E-state index is 0. The van der Waals surface area contributed by atoms with Crippen LogP contribution in [0.25, 0.3) is 0 Å². The molecule has 90 valence electrons. The third-order valence-corrected chi connectivity index (χ3v) is 1.74. The average molecular weight is 708 g/mol. The maximum absolute atomic E-state index is 3.80. The van der Waals surface area contributed by atoms with E-state index < -0.39 is 0 Å². The second-order valence-corrected chi connectivity index (χ2v) is 3.03. The van der Waals surface area contributed by atoms with Crippen molar-refractivity contribution in [2.75, 3.05) is 7.05 Å². The SMILES string of the molecule is CN=[C-]c1[c-]cc(C(C)C)cc1.[CH3-].[Y].[Y].[Y].[Y].[Y].[Y]. The van der Waals surface area contributed by atoms with E-state index in [4.69, 9.17) is 0 Å². The first kappa shape index (κ1) is 44.2. The Morgan fingerprint density at radius 3 is 1.74 bits per heavy atom. The number of hydrogen-bond acceptors (Lipinski definition) is 1. The summed E-state index contributed by atoms with van der Waals surface area (Å²) in [6.07, 6.45) is 2.84. The van der Waals surface area contributed by atoms with Crippen LogP contribution >= 0.6 is 0 Å². The van der Waals surface area contributed by atoms with Crippen molar-refractivity contribution in [1.82, 2.24) is 0 Å². The van der Waals surface area contributed by atoms with Crippen LogP contribution < -0.4 is 0 Å². The van der Waals surface area contributed by atoms with E-state index in [0.717, 1.165) is 5.56 Å². The third kappa shape index (κ3) is 21.5. The van der Waals surface area contributed by atoms with Crippen LogP contribution in [-0.2, 0) is 196 Å². The zero-order valence-corrected chi connectivity index (χ0v) is 29.3. The fraction of sp³-hybridized carbons (Fsp3) is 0.333. The summed E-state index contributed by atoms with van der Waals surface area (Å²) in [6, 6.07) is 9.19. The molecule has 0 heterocycles. The topological polar surface area (TPSA) is 12.4 Å². The van der Waals surface area contributed by atoms with Crippen molar-refractivity contribution in [1.29, 1.82) is 0 Å². The number of benzene rings is 1. The summed E-state index contributed by atoms with van der Waals surface area (Å²) in [4.78, 5) is 3.80. The van der Waals surface area contributed by atoms with Crippen LogP contribution in [0.2, 0.25) is 0 Å². The van der Waals surface area contributed by atoms with E-state index in [0.29, 0.717) is 5.92 Å². The maximum Gasteiger partial charge on any atom is 0 e. The number of nitrogens with zero attached hydrogens (tertiary/aromatic N) is 1. The van der Waals surface area contributed by atoms with Crippen molar-refractivity contribution >= 4 is 6.21 Å². The minimum Gasteiger partial charge on any atom is -0.436 e. The van der Waals surface area contributed by atoms with Gasteiger partial charge in [-0.25, -0.2) is 0 Å². The zero-order valence-electron chi connectivity index (χ0n) is 12.2. The molecule has 0 aliphatic heterocycles. The monoisotopic (exact) mass is 708 g/mol. The summed E-state index contributed by atoms with van der Waals surface area (Å²) in [5.74, 6) is 0.564. The van der Waals surface area contributed by atoms with E-state index in [2.05, 4.69) is 37.2 Å². The molecule has 0 aliphatic carbocycles. The van der Waals surface area contributed by atoms with E-state index in [9.17, 15) is 0 Å². The molecule has 1 nitrogen and oxygen atoms in total. The van der Waals surface area contributed by atoms with E-state index in [1.54, 1.807) is 7.05 Å². The molecule has 0 aromatic heterocycles. The van der Waals surface area contributed by atoms with E-state index in [1.807, 2.05) is 12.1 Å². The van der Waals surface area contributed by atoms with Crippen molar-refractivity contribution in [3.63, 3.8) is 0 Å². The van der Waals surface area contributed by atoms with E-state index >= 15 is 0 Å². The molecule has 7 heteroatoms. The van der Waals surface area contributed by atoms with Crippen LogP contribution in [0.5, 0.6) is 0 Å². The fourth-order valence-electron chi connectivity index (χ4n) is 0.986. The van der Waals surface area contributed by atoms with Gasteiger partial charge in [-0.2, -0.15) is 12.1 Å². The fourth-order valence-corrected chi connectivity index (χ4v) is 0.986. The summed E-state index contributed by atoms with van der Waals surface area (Å²) in [5, 5.41) is 0. The van der Waals surface area contributed by atoms with Gasteiger partial charge in [0, 0.05) is 196 Å². The van der Waals surface area contributed by atoms with Crippen LogP contribution in [0.4, 0.5) is 0 Å². The van der Waals surface area contributed by atoms with Crippen LogP contribution in [0.3, 0.4) is 0 Å². The molecule has 0 saturated carbocycles. The molecule has 0 unspecified atom stereocenters. The van der Waals surface area contributed by atoms with Gasteiger partial charge in [-0.1, -0.05) is 19.4 Å². The molecule has 0 N–H and O–H groups in total. The normalized spacial score (nSPS) is 7.16. The molecule has 0 fully saturated rings. The van der Waals surface area contributed by atoms with Crippen LogP contribution in [0, 0.1) is 13.5 Å². The molecule has 0 atom stereocenters. The second kappa shape index (κ2) is 28.3. The first-order valence-electron chi connectivity index (χ1n) is 4.10. The molecule has 1 aromatic carbocycles. The van der Waals surface area contributed by atoms with Crippen molar-refractivity contribution in [3.05, 3.63) is 42.8 Å². The van der Waals surface area contributed by atoms with Crippen molar-refractivity contribution in [2.24, 2.45) is 4.99 Å². The van der Waals surface area contributed by atoms with Crippen molar-refractivity contribution in [2.45, 2.75) is 19.8 Å². The molecular weight excluding hydrogens is 692 g/mol. The number of aliphatic imine (C=N–C) groups is 1. The first-order valence-corrected chi connectivity index (χ1v) is 4.10. The molecule has 0 amide bonds. The van der Waals surface area contributed by atoms with Gasteiger partial charge in [0.2, 0.25) is 0 Å². The second-order valence-electron chi connectivity index (χ2n) is 3.03. The standard InChI is InChI=1S/C11H13N.CH3.6Y/c1-9(2)11-6-4-10(5-7-11)8-12-3;;;;;;;/h4,6-7,9H,1-3H3;1H3;;;;;;/q-2;-1;;;;;;. The molecule has 0 bridgehead atoms. The third-order valence-electron chi connectivity index (χ3n) is 1.74. The molecule has 1 rings (SSSR count). The maximum atomic E-state index is 3.80. The van der Waals surface area contributed by atoms with Gasteiger partial charge in [-0.3, -0.25) is 12.3 Å². The quantitative estimate of drug-likeness (QED) is 0.332. The number of rotatable bonds is 2. The van der Waals surface area contributed by atoms with Gasteiger partial charge in [-0.15, -0.1) is 0 Å². The van der Waals surface area contributed by atoms with Gasteiger partial charge >= 0.3 is 0 Å². The van der Waals surface area contributed by atoms with Crippen molar-refractivity contribution < 1.29 is 196 Å². The number of hydrogen-bond donors (Lipinski definition) is 0. The van der Waals surface area contributed by atoms with Gasteiger partial charge in [0.15, 0.2) is 0 Å². The van der Waals surface area contributed by atoms with E-state index in [1.165, 1.54) is 5.56 Å². The van der Waals surface area contributed by atoms with Gasteiger partial charge in [0.1, 0.15) is 0 Å². The molecular formula is C12H16NY6-3. The van der Waals surface area contributed by atoms with Gasteiger partial charge in [-0.05, 0) is 13.0 Å². The smallest absolute Gasteiger partial charge is 0 e. The van der Waals surface area contributed by atoms with Gasteiger partial charge in [0.05, 0.1) is 0 Å². The molecule has 19 heavy (non-hydrogen) atoms. The van der Waals surface area contributed by atoms with Crippen LogP contribution in [0.15, 0.2) is 23.2 Å². The summed E-state index contributed by atoms with van der Waals surface area (Å²) in [6.45, 7) is 4.33. The Morgan fingerprint density at radius 1 is 1.00 bits per heavy atom. The summed E-state index contributed by atoms with van der Waals surface area (Å²) in [7, 11) is 1.71. The van der Waals surface area contributed by atoms with Crippen LogP contribution in [-0.4, -0.2) is 13.3 Å². The van der Waals surface area contributed by atoms with Crippen LogP contribution in [0.1, 0.15) is 30.9 Å². The summed E-state index contributed by atoms with van der Waals surface area (Å²) >= 11 is 0. The Labute approximate surface area is 270 Å². The Morgan fingerprint density at radius 2 is 1.47 bits per heavy atom. The molecule has 0 spiro atoms. The molecule has 0 saturated heterocycles. The summed E-state index contributed by atoms with van der Waals surface area (Å²) in [5.41, 5.74) is 2.22. The first-order chi connectivity index (χ1) is 5.74. The molecule has 6 radical (unpaired) electrons. The Hall–Kier alpha value is 5.51. The molecule has 1 aromatic rings. The minimum absolute atomic E-state index is 0. The molecule has 0 aliphatic rings. The Kier molecular flexibility index (Phi) is 65.9. The van der Waals surface area contributed by atoms with E-state index in [-0.39, 0.29) is 204 Å². The van der Waals surface area contributed by atoms with Gasteiger partial charge < -0.3 is 24.0 Å². The summed E-state index contributed by atoms with van der Waals surface area (Å²) < 4.78 is 0. The predicted molar refractivity (Wildman–Crippen MR) is 58.2 cm³/mol.